The van der Waals surface area contributed by atoms with Gasteiger partial charge in [-0.05, 0) is 38.4 Å². The normalized spacial score (nSPS) is 21.3. The number of hydrogen-bond donors (Lipinski definition) is 1. The van der Waals surface area contributed by atoms with E-state index in [2.05, 4.69) is 38.3 Å². The Labute approximate surface area is 187 Å². The van der Waals surface area contributed by atoms with Crippen molar-refractivity contribution in [2.75, 3.05) is 73.8 Å². The highest BCUT2D eigenvalue weighted by molar-refractivity contribution is 5.80. The number of nitrogens with zero attached hydrogens (tertiary/aromatic N) is 3. The number of piperidine rings is 1. The average Bonchev–Trinajstić information content (AvgIpc) is 3.29. The molecule has 2 aliphatic heterocycles. The summed E-state index contributed by atoms with van der Waals surface area (Å²) in [5, 5.41) is 3.67. The maximum atomic E-state index is 5.75. The molecule has 0 aromatic heterocycles. The summed E-state index contributed by atoms with van der Waals surface area (Å²) in [5.74, 6) is 2.49. The smallest absolute Gasteiger partial charge is 0.193 e. The minimum Gasteiger partial charge on any atom is -0.496 e. The van der Waals surface area contributed by atoms with Gasteiger partial charge in [-0.2, -0.15) is 0 Å². The van der Waals surface area contributed by atoms with Gasteiger partial charge in [0.1, 0.15) is 5.75 Å². The van der Waals surface area contributed by atoms with Crippen LogP contribution in [0.15, 0.2) is 29.3 Å². The second-order valence-electron chi connectivity index (χ2n) is 8.45. The molecule has 3 rings (SSSR count). The van der Waals surface area contributed by atoms with E-state index < -0.39 is 0 Å². The molecule has 0 aliphatic carbocycles. The first-order valence-corrected chi connectivity index (χ1v) is 11.7. The van der Waals surface area contributed by atoms with E-state index in [9.17, 15) is 0 Å². The Morgan fingerprint density at radius 2 is 1.94 bits per heavy atom. The third-order valence-electron chi connectivity index (χ3n) is 6.37. The molecule has 2 unspecified atom stereocenters. The van der Waals surface area contributed by atoms with Crippen LogP contribution in [-0.4, -0.2) is 89.6 Å². The summed E-state index contributed by atoms with van der Waals surface area (Å²) in [7, 11) is 5.35. The third-order valence-corrected chi connectivity index (χ3v) is 6.37. The number of nitrogens with one attached hydrogen (secondary N) is 1. The van der Waals surface area contributed by atoms with Crippen LogP contribution in [0.5, 0.6) is 5.75 Å². The van der Waals surface area contributed by atoms with Crippen LogP contribution in [0.25, 0.3) is 0 Å². The number of methoxy groups -OCH3 is 2. The second-order valence-corrected chi connectivity index (χ2v) is 8.45. The first-order chi connectivity index (χ1) is 15.3. The molecular formula is C24H40N4O3. The lowest BCUT2D eigenvalue weighted by atomic mass is 10.0. The number of likely N-dealkylation sites (tertiary alicyclic amines) is 2. The van der Waals surface area contributed by atoms with Crippen molar-refractivity contribution in [3.63, 3.8) is 0 Å². The molecular weight excluding hydrogens is 392 g/mol. The zero-order valence-corrected chi connectivity index (χ0v) is 19.5. The van der Waals surface area contributed by atoms with Gasteiger partial charge in [-0.3, -0.25) is 9.89 Å². The highest BCUT2D eigenvalue weighted by Gasteiger charge is 2.28. The topological polar surface area (TPSA) is 58.6 Å². The highest BCUT2D eigenvalue weighted by atomic mass is 16.5. The van der Waals surface area contributed by atoms with Gasteiger partial charge in [0.2, 0.25) is 0 Å². The van der Waals surface area contributed by atoms with Gasteiger partial charge in [-0.25, -0.2) is 0 Å². The molecule has 174 valence electrons. The van der Waals surface area contributed by atoms with Crippen LogP contribution >= 0.6 is 0 Å². The molecule has 2 atom stereocenters. The summed E-state index contributed by atoms with van der Waals surface area (Å²) in [4.78, 5) is 9.54. The molecule has 1 N–H and O–H groups in total. The van der Waals surface area contributed by atoms with Crippen molar-refractivity contribution in [2.24, 2.45) is 10.9 Å². The maximum absolute atomic E-state index is 5.75. The van der Waals surface area contributed by atoms with E-state index in [1.54, 1.807) is 14.2 Å². The summed E-state index contributed by atoms with van der Waals surface area (Å²) in [5.41, 5.74) is 1.25. The van der Waals surface area contributed by atoms with Crippen molar-refractivity contribution in [1.29, 1.82) is 0 Å². The van der Waals surface area contributed by atoms with Crippen molar-refractivity contribution in [3.05, 3.63) is 29.8 Å². The van der Waals surface area contributed by atoms with Gasteiger partial charge in [0.15, 0.2) is 5.96 Å². The standard InChI is InChI=1S/C24H40N4O3/c1-25-24(28-14-11-20(18-28)19-31-16-15-29-2)26-17-22(27-12-7-4-8-13-27)21-9-5-6-10-23(21)30-3/h5-6,9-10,20,22H,4,7-8,11-19H2,1-3H3,(H,25,26). The quantitative estimate of drug-likeness (QED) is 0.349. The van der Waals surface area contributed by atoms with Gasteiger partial charge in [-0.1, -0.05) is 24.6 Å². The molecule has 7 nitrogen and oxygen atoms in total. The van der Waals surface area contributed by atoms with E-state index in [0.717, 1.165) is 57.5 Å². The van der Waals surface area contributed by atoms with Crippen molar-refractivity contribution >= 4 is 5.96 Å². The van der Waals surface area contributed by atoms with Gasteiger partial charge >= 0.3 is 0 Å². The van der Waals surface area contributed by atoms with Gasteiger partial charge in [0, 0.05) is 45.3 Å². The fraction of sp³-hybridized carbons (Fsp3) is 0.708. The van der Waals surface area contributed by atoms with Crippen LogP contribution in [-0.2, 0) is 9.47 Å². The Balaban J connectivity index is 1.60. The molecule has 2 heterocycles. The number of guanidine groups is 1. The lowest BCUT2D eigenvalue weighted by molar-refractivity contribution is 0.0536. The largest absolute Gasteiger partial charge is 0.496 e. The Bertz CT molecular complexity index is 679. The van der Waals surface area contributed by atoms with E-state index in [0.29, 0.717) is 19.1 Å². The van der Waals surface area contributed by atoms with Gasteiger partial charge < -0.3 is 24.4 Å². The fourth-order valence-corrected chi connectivity index (χ4v) is 4.68. The summed E-state index contributed by atoms with van der Waals surface area (Å²) < 4.78 is 16.5. The van der Waals surface area contributed by atoms with E-state index in [4.69, 9.17) is 14.2 Å². The number of rotatable bonds is 10. The predicted molar refractivity (Wildman–Crippen MR) is 125 cm³/mol. The van der Waals surface area contributed by atoms with E-state index >= 15 is 0 Å². The lowest BCUT2D eigenvalue weighted by Gasteiger charge is -2.36. The summed E-state index contributed by atoms with van der Waals surface area (Å²) in [6.07, 6.45) is 4.98. The first-order valence-electron chi connectivity index (χ1n) is 11.7. The average molecular weight is 433 g/mol. The number of aliphatic imine (C=N–C) groups is 1. The van der Waals surface area contributed by atoms with Gasteiger partial charge in [-0.15, -0.1) is 0 Å². The predicted octanol–water partition coefficient (Wildman–Crippen LogP) is 2.78. The molecule has 0 spiro atoms. The SMILES string of the molecule is CN=C(NCC(c1ccccc1OC)N1CCCCC1)N1CCC(COCCOC)C1. The number of para-hydroxylation sites is 1. The van der Waals surface area contributed by atoms with Crippen molar-refractivity contribution in [2.45, 2.75) is 31.7 Å². The van der Waals surface area contributed by atoms with Crippen LogP contribution in [0.4, 0.5) is 0 Å². The molecule has 1 aromatic carbocycles. The number of hydrogen-bond acceptors (Lipinski definition) is 5. The van der Waals surface area contributed by atoms with Crippen LogP contribution < -0.4 is 10.1 Å². The maximum Gasteiger partial charge on any atom is 0.193 e. The van der Waals surface area contributed by atoms with Crippen molar-refractivity contribution in [3.8, 4) is 5.75 Å². The Hall–Kier alpha value is -1.83. The van der Waals surface area contributed by atoms with Crippen LogP contribution in [0, 0.1) is 5.92 Å². The number of ether oxygens (including phenoxy) is 3. The fourth-order valence-electron chi connectivity index (χ4n) is 4.68. The highest BCUT2D eigenvalue weighted by Crippen LogP contribution is 2.31. The molecule has 2 saturated heterocycles. The Kier molecular flexibility index (Phi) is 9.90. The molecule has 2 fully saturated rings. The van der Waals surface area contributed by atoms with E-state index in [1.807, 2.05) is 13.1 Å². The van der Waals surface area contributed by atoms with Crippen LogP contribution in [0.1, 0.15) is 37.3 Å². The third kappa shape index (κ3) is 6.82. The van der Waals surface area contributed by atoms with E-state index in [1.165, 1.54) is 24.8 Å². The summed E-state index contributed by atoms with van der Waals surface area (Å²) in [6, 6.07) is 8.69. The van der Waals surface area contributed by atoms with Crippen molar-refractivity contribution in [1.82, 2.24) is 15.1 Å². The molecule has 0 bridgehead atoms. The Morgan fingerprint density at radius 3 is 2.68 bits per heavy atom. The van der Waals surface area contributed by atoms with Crippen molar-refractivity contribution < 1.29 is 14.2 Å². The molecule has 31 heavy (non-hydrogen) atoms. The van der Waals surface area contributed by atoms with Crippen LogP contribution in [0.3, 0.4) is 0 Å². The zero-order chi connectivity index (χ0) is 21.9. The van der Waals surface area contributed by atoms with E-state index in [-0.39, 0.29) is 6.04 Å². The summed E-state index contributed by atoms with van der Waals surface area (Å²) >= 11 is 0. The summed E-state index contributed by atoms with van der Waals surface area (Å²) in [6.45, 7) is 7.18. The molecule has 0 radical (unpaired) electrons. The monoisotopic (exact) mass is 432 g/mol. The van der Waals surface area contributed by atoms with Gasteiger partial charge in [0.05, 0.1) is 33.0 Å². The Morgan fingerprint density at radius 1 is 1.13 bits per heavy atom. The molecule has 0 saturated carbocycles. The lowest BCUT2D eigenvalue weighted by Crippen LogP contribution is -2.45. The molecule has 0 amide bonds. The molecule has 2 aliphatic rings. The first kappa shape index (κ1) is 23.8. The molecule has 7 heteroatoms. The minimum atomic E-state index is 0.268. The number of benzene rings is 1. The van der Waals surface area contributed by atoms with Crippen LogP contribution in [0.2, 0.25) is 0 Å². The molecule has 1 aromatic rings. The minimum absolute atomic E-state index is 0.268. The second kappa shape index (κ2) is 12.9. The zero-order valence-electron chi connectivity index (χ0n) is 19.5. The van der Waals surface area contributed by atoms with Gasteiger partial charge in [0.25, 0.3) is 0 Å².